The van der Waals surface area contributed by atoms with Crippen LogP contribution < -0.4 is 86.2 Å². The van der Waals surface area contributed by atoms with Crippen LogP contribution in [-0.4, -0.2) is 4.09 Å². The van der Waals surface area contributed by atoms with E-state index in [0.29, 0.717) is 0 Å². The van der Waals surface area contributed by atoms with Crippen molar-refractivity contribution in [3.63, 3.8) is 0 Å². The van der Waals surface area contributed by atoms with Gasteiger partial charge in [0, 0.05) is 0 Å². The van der Waals surface area contributed by atoms with Gasteiger partial charge in [-0.05, 0) is 0 Å². The van der Waals surface area contributed by atoms with Crippen molar-refractivity contribution in [3.8, 4) is 0 Å². The Bertz CT molecular complexity index is 372. The van der Waals surface area contributed by atoms with Gasteiger partial charge in [0.25, 0.3) is 0 Å². The number of hydrogen-bond donors (Lipinski definition) is 0. The van der Waals surface area contributed by atoms with Gasteiger partial charge in [-0.2, -0.15) is 0 Å². The first-order valence-electron chi connectivity index (χ1n) is 2.12. The molecule has 0 aliphatic heterocycles. The smallest absolute Gasteiger partial charge is 0.453 e. The van der Waals surface area contributed by atoms with Crippen molar-refractivity contribution in [2.75, 3.05) is 0 Å². The van der Waals surface area contributed by atoms with Crippen molar-refractivity contribution in [1.29, 1.82) is 0 Å². The van der Waals surface area contributed by atoms with Crippen LogP contribution in [0.5, 0.6) is 0 Å². The van der Waals surface area contributed by atoms with Crippen LogP contribution in [0.4, 0.5) is 0 Å². The number of hydrogen-bond acceptors (Lipinski definition) is 3. The first-order chi connectivity index (χ1) is 4.61. The van der Waals surface area contributed by atoms with E-state index in [9.17, 15) is 14.4 Å². The first-order valence-corrected chi connectivity index (χ1v) is 2.46. The predicted octanol–water partition coefficient (Wildman–Crippen LogP) is -8.51. The van der Waals surface area contributed by atoms with E-state index in [4.69, 9.17) is 11.8 Å². The first kappa shape index (κ1) is 15.2. The number of aromatic nitrogens is 3. The van der Waals surface area contributed by atoms with Crippen molar-refractivity contribution in [2.24, 2.45) is 0 Å². The van der Waals surface area contributed by atoms with Crippen LogP contribution in [0.15, 0.2) is 14.4 Å². The molecule has 0 unspecified atom stereocenters. The molecule has 0 aliphatic rings. The second-order valence-corrected chi connectivity index (χ2v) is 1.69. The monoisotopic (exact) mass is 207 g/mol. The fourth-order valence-electron chi connectivity index (χ4n) is 0.358. The Labute approximate surface area is 115 Å². The molecule has 0 N–H and O–H groups in total. The molecule has 0 aromatic carbocycles. The second kappa shape index (κ2) is 6.20. The molecule has 0 aliphatic carbocycles. The van der Waals surface area contributed by atoms with Crippen molar-refractivity contribution in [3.05, 3.63) is 31.5 Å². The SMILES string of the molecule is O=c1[n-]c(=O)n(Cl)c(=O)[n-]1.[Na+].[Na+]. The quantitative estimate of drug-likeness (QED) is 0.395. The molecule has 54 valence electrons. The van der Waals surface area contributed by atoms with Gasteiger partial charge in [-0.3, -0.25) is 0 Å². The van der Waals surface area contributed by atoms with Gasteiger partial charge in [0.2, 0.25) is 0 Å². The molecule has 0 spiro atoms. The molecule has 1 rings (SSSR count). The Morgan fingerprint density at radius 1 is 1.00 bits per heavy atom. The molecular weight excluding hydrogens is 207 g/mol. The fraction of sp³-hybridized carbons (Fsp3) is 0. The molecule has 12 heavy (non-hydrogen) atoms. The van der Waals surface area contributed by atoms with Crippen LogP contribution in [0.25, 0.3) is 0 Å². The largest absolute Gasteiger partial charge is 1.00 e. The minimum absolute atomic E-state index is 0. The Kier molecular flexibility index (Phi) is 7.84. The standard InChI is InChI=1S/C3H2ClN3O3.2Na/c4-7-2(9)5-1(8)6-3(7)10;;/h(H2,5,6,8,9,10);;/q;2*+1/p-2. The average molecular weight is 207 g/mol. The zero-order valence-corrected chi connectivity index (χ0v) is 11.2. The molecule has 0 saturated carbocycles. The van der Waals surface area contributed by atoms with Gasteiger partial charge in [-0.25, -0.2) is 0 Å². The molecule has 0 amide bonds. The van der Waals surface area contributed by atoms with Crippen LogP contribution in [0, 0.1) is 0 Å². The molecule has 1 aromatic heterocycles. The minimum Gasteiger partial charge on any atom is -0.453 e. The number of rotatable bonds is 0. The summed E-state index contributed by atoms with van der Waals surface area (Å²) in [7, 11) is 0. The predicted molar refractivity (Wildman–Crippen MR) is 31.1 cm³/mol. The van der Waals surface area contributed by atoms with Crippen LogP contribution in [0.3, 0.4) is 0 Å². The Morgan fingerprint density at radius 2 is 1.33 bits per heavy atom. The molecule has 1 heterocycles. The van der Waals surface area contributed by atoms with Gasteiger partial charge in [0.1, 0.15) is 17.1 Å². The third-order valence-electron chi connectivity index (χ3n) is 0.718. The van der Waals surface area contributed by atoms with E-state index >= 15 is 0 Å². The van der Waals surface area contributed by atoms with Crippen molar-refractivity contribution < 1.29 is 59.1 Å². The molecule has 0 fully saturated rings. The molecule has 0 bridgehead atoms. The van der Waals surface area contributed by atoms with E-state index in [-0.39, 0.29) is 63.2 Å². The van der Waals surface area contributed by atoms with E-state index in [1.807, 2.05) is 0 Å². The summed E-state index contributed by atoms with van der Waals surface area (Å²) in [6.45, 7) is 0. The maximum absolute atomic E-state index is 10.3. The minimum atomic E-state index is -1.12. The van der Waals surface area contributed by atoms with E-state index < -0.39 is 17.1 Å². The van der Waals surface area contributed by atoms with Gasteiger partial charge < -0.3 is 28.4 Å². The van der Waals surface area contributed by atoms with Crippen LogP contribution in [0.1, 0.15) is 0 Å². The molecule has 0 atom stereocenters. The van der Waals surface area contributed by atoms with Gasteiger partial charge in [0.05, 0.1) is 0 Å². The van der Waals surface area contributed by atoms with Gasteiger partial charge in [-0.1, -0.05) is 0 Å². The summed E-state index contributed by atoms with van der Waals surface area (Å²) >= 11 is 4.98. The van der Waals surface area contributed by atoms with Gasteiger partial charge >= 0.3 is 59.1 Å². The molecular formula is C3ClN3Na2O3. The summed E-state index contributed by atoms with van der Waals surface area (Å²) in [5.41, 5.74) is -3.33. The normalized spacial score (nSPS) is 8.08. The summed E-state index contributed by atoms with van der Waals surface area (Å²) in [5, 5.41) is 0. The molecule has 0 radical (unpaired) electrons. The summed E-state index contributed by atoms with van der Waals surface area (Å²) in [6.07, 6.45) is 0. The average Bonchev–Trinajstić information content (AvgIpc) is 1.82. The zero-order valence-electron chi connectivity index (χ0n) is 6.44. The Balaban J connectivity index is 0. The zero-order chi connectivity index (χ0) is 7.72. The summed E-state index contributed by atoms with van der Waals surface area (Å²) in [6, 6.07) is 0. The number of halogens is 1. The fourth-order valence-corrected chi connectivity index (χ4v) is 0.434. The summed E-state index contributed by atoms with van der Waals surface area (Å²) in [5.74, 6) is 0. The summed E-state index contributed by atoms with van der Waals surface area (Å²) < 4.78 is 0.126. The van der Waals surface area contributed by atoms with E-state index in [1.54, 1.807) is 0 Å². The molecule has 9 heteroatoms. The van der Waals surface area contributed by atoms with E-state index in [0.717, 1.165) is 0 Å². The van der Waals surface area contributed by atoms with Crippen LogP contribution in [-0.2, 0) is 0 Å². The molecule has 0 saturated heterocycles. The third kappa shape index (κ3) is 3.61. The topological polar surface area (TPSA) is 84.3 Å². The van der Waals surface area contributed by atoms with E-state index in [2.05, 4.69) is 9.97 Å². The Morgan fingerprint density at radius 3 is 1.67 bits per heavy atom. The number of nitrogens with zero attached hydrogens (tertiary/aromatic N) is 3. The second-order valence-electron chi connectivity index (χ2n) is 1.35. The van der Waals surface area contributed by atoms with Crippen molar-refractivity contribution in [1.82, 2.24) is 14.1 Å². The van der Waals surface area contributed by atoms with Crippen molar-refractivity contribution >= 4 is 11.8 Å². The van der Waals surface area contributed by atoms with Crippen LogP contribution in [0.2, 0.25) is 0 Å². The maximum Gasteiger partial charge on any atom is 1.00 e. The van der Waals surface area contributed by atoms with Crippen LogP contribution >= 0.6 is 11.8 Å². The van der Waals surface area contributed by atoms with Gasteiger partial charge in [-0.15, -0.1) is 11.8 Å². The molecule has 1 aromatic rings. The third-order valence-corrected chi connectivity index (χ3v) is 1.01. The molecule has 6 nitrogen and oxygen atoms in total. The maximum atomic E-state index is 10.3. The van der Waals surface area contributed by atoms with Gasteiger partial charge in [0.15, 0.2) is 0 Å². The van der Waals surface area contributed by atoms with Crippen molar-refractivity contribution in [2.45, 2.75) is 0 Å². The Hall–Kier alpha value is 0.700. The van der Waals surface area contributed by atoms with E-state index in [1.165, 1.54) is 0 Å². The summed E-state index contributed by atoms with van der Waals surface area (Å²) in [4.78, 5) is 36.3.